The van der Waals surface area contributed by atoms with Crippen LogP contribution in [0.25, 0.3) is 0 Å². The molecule has 0 radical (unpaired) electrons. The van der Waals surface area contributed by atoms with Crippen molar-refractivity contribution in [3.63, 3.8) is 0 Å². The summed E-state index contributed by atoms with van der Waals surface area (Å²) in [6, 6.07) is 0. The fraction of sp³-hybridized carbons (Fsp3) is 0.714. The van der Waals surface area contributed by atoms with E-state index in [1.807, 2.05) is 0 Å². The summed E-state index contributed by atoms with van der Waals surface area (Å²) in [6.45, 7) is 19.6. The van der Waals surface area contributed by atoms with E-state index < -0.39 is 24.2 Å². The Morgan fingerprint density at radius 3 is 1.05 bits per heavy atom. The van der Waals surface area contributed by atoms with Crippen LogP contribution >= 0.6 is 0 Å². The predicted molar refractivity (Wildman–Crippen MR) is 90.8 cm³/mol. The van der Waals surface area contributed by atoms with E-state index in [0.717, 1.165) is 10.4 Å². The van der Waals surface area contributed by atoms with Gasteiger partial charge in [-0.2, -0.15) is 0 Å². The van der Waals surface area contributed by atoms with Crippen molar-refractivity contribution < 1.29 is 9.59 Å². The molecule has 0 heterocycles. The number of ketones is 2. The maximum atomic E-state index is 12.9. The summed E-state index contributed by atoms with van der Waals surface area (Å²) in [7, 11) is -5.30. The van der Waals surface area contributed by atoms with Gasteiger partial charge in [-0.3, -0.25) is 9.59 Å². The van der Waals surface area contributed by atoms with E-state index in [1.165, 1.54) is 0 Å². The number of hydrogen-bond acceptors (Lipinski definition) is 2. The normalized spacial score (nSPS) is 19.6. The average Bonchev–Trinajstić information content (AvgIpc) is 2.33. The average molecular weight is 313 g/mol. The minimum absolute atomic E-state index is 0.195. The highest BCUT2D eigenvalue weighted by atomic mass is 28.3. The van der Waals surface area contributed by atoms with Crippen molar-refractivity contribution in [3.05, 3.63) is 10.4 Å². The first kappa shape index (κ1) is 16.8. The van der Waals surface area contributed by atoms with Crippen LogP contribution in [-0.2, 0) is 9.59 Å². The van der Waals surface area contributed by atoms with Gasteiger partial charge >= 0.3 is 0 Å². The topological polar surface area (TPSA) is 34.1 Å². The minimum Gasteiger partial charge on any atom is -0.294 e. The van der Waals surface area contributed by atoms with E-state index in [0.29, 0.717) is 0 Å². The molecule has 5 heteroatoms. The standard InChI is InChI=1S/C14H28O2Si3/c1-17(2,3)12-10(15)13(18(4,5)6)14(11(12)16)19(7,8)9/h12H,1-9H3. The second-order valence-corrected chi connectivity index (χ2v) is 24.1. The fourth-order valence-corrected chi connectivity index (χ4v) is 10.8. The zero-order valence-electron chi connectivity index (χ0n) is 13.9. The first-order valence-electron chi connectivity index (χ1n) is 7.02. The zero-order chi connectivity index (χ0) is 15.4. The van der Waals surface area contributed by atoms with Crippen molar-refractivity contribution >= 4 is 35.8 Å². The molecular weight excluding hydrogens is 284 g/mol. The first-order valence-corrected chi connectivity index (χ1v) is 17.6. The van der Waals surface area contributed by atoms with E-state index in [1.54, 1.807) is 0 Å². The lowest BCUT2D eigenvalue weighted by Gasteiger charge is -2.24. The van der Waals surface area contributed by atoms with Crippen molar-refractivity contribution in [2.45, 2.75) is 64.5 Å². The summed E-state index contributed by atoms with van der Waals surface area (Å²) in [5.41, 5.74) is -0.309. The second-order valence-electron chi connectivity index (χ2n) is 8.78. The Balaban J connectivity index is 3.55. The highest BCUT2D eigenvalue weighted by Gasteiger charge is 2.52. The van der Waals surface area contributed by atoms with Gasteiger partial charge in [0.1, 0.15) is 0 Å². The summed E-state index contributed by atoms with van der Waals surface area (Å²) in [5, 5.41) is 1.95. The number of hydrogen-bond donors (Lipinski definition) is 0. The van der Waals surface area contributed by atoms with E-state index in [2.05, 4.69) is 58.9 Å². The summed E-state index contributed by atoms with van der Waals surface area (Å²) >= 11 is 0. The van der Waals surface area contributed by atoms with Gasteiger partial charge in [0.05, 0.1) is 29.8 Å². The van der Waals surface area contributed by atoms with Crippen LogP contribution in [0.3, 0.4) is 0 Å². The van der Waals surface area contributed by atoms with Crippen LogP contribution in [0.2, 0.25) is 64.5 Å². The Morgan fingerprint density at radius 2 is 0.895 bits per heavy atom. The van der Waals surface area contributed by atoms with Crippen molar-refractivity contribution in [2.24, 2.45) is 0 Å². The van der Waals surface area contributed by atoms with Crippen LogP contribution in [0.5, 0.6) is 0 Å². The Kier molecular flexibility index (Phi) is 4.09. The molecule has 108 valence electrons. The molecule has 0 fully saturated rings. The van der Waals surface area contributed by atoms with Gasteiger partial charge in [-0.05, 0) is 10.4 Å². The zero-order valence-corrected chi connectivity index (χ0v) is 16.9. The number of rotatable bonds is 3. The number of allylic oxidation sites excluding steroid dienone is 2. The largest absolute Gasteiger partial charge is 0.294 e. The molecule has 0 aliphatic heterocycles. The molecule has 0 atom stereocenters. The van der Waals surface area contributed by atoms with Crippen LogP contribution in [0.4, 0.5) is 0 Å². The smallest absolute Gasteiger partial charge is 0.162 e. The number of Topliss-reactive ketones (excluding diaryl/α,β-unsaturated/α-hetero) is 2. The lowest BCUT2D eigenvalue weighted by Crippen LogP contribution is -2.38. The van der Waals surface area contributed by atoms with Gasteiger partial charge in [0.2, 0.25) is 0 Å². The third kappa shape index (κ3) is 3.08. The highest BCUT2D eigenvalue weighted by molar-refractivity contribution is 7.00. The summed E-state index contributed by atoms with van der Waals surface area (Å²) < 4.78 is 0. The van der Waals surface area contributed by atoms with Crippen LogP contribution in [0, 0.1) is 0 Å². The lowest BCUT2D eigenvalue weighted by atomic mass is 10.3. The Bertz CT molecular complexity index is 421. The molecule has 19 heavy (non-hydrogen) atoms. The summed E-state index contributed by atoms with van der Waals surface area (Å²) in [5.74, 6) is 0.390. The molecular formula is C14H28O2Si3. The summed E-state index contributed by atoms with van der Waals surface area (Å²) in [6.07, 6.45) is 0. The van der Waals surface area contributed by atoms with Crippen molar-refractivity contribution in [1.82, 2.24) is 0 Å². The molecule has 0 aromatic rings. The second kappa shape index (κ2) is 4.63. The van der Waals surface area contributed by atoms with Gasteiger partial charge in [-0.1, -0.05) is 58.9 Å². The van der Waals surface area contributed by atoms with Crippen LogP contribution in [-0.4, -0.2) is 35.8 Å². The minimum atomic E-state index is -1.79. The van der Waals surface area contributed by atoms with Crippen LogP contribution < -0.4 is 0 Å². The fourth-order valence-electron chi connectivity index (χ4n) is 2.93. The van der Waals surface area contributed by atoms with Gasteiger partial charge < -0.3 is 0 Å². The first-order chi connectivity index (χ1) is 8.19. The molecule has 0 bridgehead atoms. The summed E-state index contributed by atoms with van der Waals surface area (Å²) in [4.78, 5) is 25.8. The van der Waals surface area contributed by atoms with E-state index in [9.17, 15) is 9.59 Å². The molecule has 2 nitrogen and oxygen atoms in total. The third-order valence-electron chi connectivity index (χ3n) is 3.63. The van der Waals surface area contributed by atoms with Gasteiger partial charge in [-0.25, -0.2) is 0 Å². The highest BCUT2D eigenvalue weighted by Crippen LogP contribution is 2.43. The van der Waals surface area contributed by atoms with Gasteiger partial charge in [-0.15, -0.1) is 0 Å². The van der Waals surface area contributed by atoms with E-state index in [4.69, 9.17) is 0 Å². The molecule has 0 aromatic carbocycles. The molecule has 1 aliphatic carbocycles. The molecule has 0 unspecified atom stereocenters. The molecule has 0 N–H and O–H groups in total. The number of carbonyl (C=O) groups is 2. The Morgan fingerprint density at radius 1 is 0.632 bits per heavy atom. The quantitative estimate of drug-likeness (QED) is 0.585. The SMILES string of the molecule is C[Si](C)(C)C1=C([Si](C)(C)C)C(=O)C([Si](C)(C)C)C1=O. The molecule has 1 rings (SSSR count). The van der Waals surface area contributed by atoms with E-state index in [-0.39, 0.29) is 17.1 Å². The van der Waals surface area contributed by atoms with Crippen molar-refractivity contribution in [1.29, 1.82) is 0 Å². The van der Waals surface area contributed by atoms with Gasteiger partial charge in [0.25, 0.3) is 0 Å². The third-order valence-corrected chi connectivity index (χ3v) is 10.1. The van der Waals surface area contributed by atoms with E-state index >= 15 is 0 Å². The Hall–Kier alpha value is -0.269. The molecule has 0 amide bonds. The van der Waals surface area contributed by atoms with Crippen molar-refractivity contribution in [3.8, 4) is 0 Å². The monoisotopic (exact) mass is 312 g/mol. The van der Waals surface area contributed by atoms with Gasteiger partial charge in [0, 0.05) is 0 Å². The number of carbonyl (C=O) groups excluding carboxylic acids is 2. The molecule has 1 aliphatic rings. The maximum absolute atomic E-state index is 12.9. The van der Waals surface area contributed by atoms with Crippen LogP contribution in [0.15, 0.2) is 10.4 Å². The van der Waals surface area contributed by atoms with Gasteiger partial charge in [0.15, 0.2) is 11.6 Å². The van der Waals surface area contributed by atoms with Crippen molar-refractivity contribution in [2.75, 3.05) is 0 Å². The molecule has 0 spiro atoms. The predicted octanol–water partition coefficient (Wildman–Crippen LogP) is 3.90. The lowest BCUT2D eigenvalue weighted by molar-refractivity contribution is -0.120. The Labute approximate surface area is 120 Å². The molecule has 0 aromatic heterocycles. The molecule has 0 saturated carbocycles. The van der Waals surface area contributed by atoms with Crippen LogP contribution in [0.1, 0.15) is 0 Å². The molecule has 0 saturated heterocycles. The maximum Gasteiger partial charge on any atom is 0.162 e.